The Hall–Kier alpha value is -2.77. The zero-order valence-electron chi connectivity index (χ0n) is 15.7. The Morgan fingerprint density at radius 3 is 2.79 bits per heavy atom. The van der Waals surface area contributed by atoms with Crippen LogP contribution in [-0.2, 0) is 4.79 Å². The van der Waals surface area contributed by atoms with Crippen LogP contribution >= 0.6 is 11.3 Å². The van der Waals surface area contributed by atoms with Crippen LogP contribution in [0.3, 0.4) is 0 Å². The van der Waals surface area contributed by atoms with E-state index < -0.39 is 0 Å². The summed E-state index contributed by atoms with van der Waals surface area (Å²) in [5.74, 6) is 0.715. The van der Waals surface area contributed by atoms with E-state index in [-0.39, 0.29) is 5.91 Å². The average molecular weight is 394 g/mol. The third kappa shape index (κ3) is 3.76. The molecule has 0 spiro atoms. The number of thiazole rings is 1. The molecule has 1 saturated heterocycles. The number of aromatic nitrogens is 1. The summed E-state index contributed by atoms with van der Waals surface area (Å²) < 4.78 is 0. The fourth-order valence-electron chi connectivity index (χ4n) is 3.62. The Kier molecular flexibility index (Phi) is 5.36. The summed E-state index contributed by atoms with van der Waals surface area (Å²) >= 11 is 1.48. The number of nitrogens with one attached hydrogen (secondary N) is 4. The fourth-order valence-corrected chi connectivity index (χ4v) is 4.46. The Balaban J connectivity index is 1.65. The van der Waals surface area contributed by atoms with Crippen molar-refractivity contribution in [2.75, 3.05) is 13.1 Å². The molecule has 4 rings (SSSR count). The first-order valence-corrected chi connectivity index (χ1v) is 10.3. The minimum absolute atomic E-state index is 0.155. The number of benzene rings is 1. The third-order valence-electron chi connectivity index (χ3n) is 5.15. The van der Waals surface area contributed by atoms with Gasteiger partial charge in [0.05, 0.1) is 11.3 Å². The molecule has 4 N–H and O–H groups in total. The van der Waals surface area contributed by atoms with Crippen LogP contribution < -0.4 is 16.0 Å². The highest BCUT2D eigenvalue weighted by Crippen LogP contribution is 2.29. The number of hydrogen-bond acceptors (Lipinski definition) is 6. The van der Waals surface area contributed by atoms with Crippen LogP contribution in [0, 0.1) is 18.3 Å². The van der Waals surface area contributed by atoms with Crippen molar-refractivity contribution in [1.82, 2.24) is 20.9 Å². The van der Waals surface area contributed by atoms with E-state index in [0.29, 0.717) is 22.3 Å². The van der Waals surface area contributed by atoms with Crippen molar-refractivity contribution in [1.29, 1.82) is 5.41 Å². The molecular formula is C21H23N5OS. The summed E-state index contributed by atoms with van der Waals surface area (Å²) in [6.45, 7) is 3.96. The minimum Gasteiger partial charge on any atom is -0.344 e. The number of aryl methyl sites for hydroxylation is 1. The molecule has 7 heteroatoms. The van der Waals surface area contributed by atoms with Crippen molar-refractivity contribution in [3.05, 3.63) is 57.8 Å². The number of rotatable bonds is 4. The van der Waals surface area contributed by atoms with E-state index in [4.69, 9.17) is 10.4 Å². The zero-order chi connectivity index (χ0) is 19.5. The standard InChI is InChI=1S/C21H23N5OS/c1-13-4-2-3-5-15(13)18-12-28-21(25-18)16(11-22)20-24-17(10-19(27)26-20)14-6-8-23-9-7-14/h2-5,10-12,14,22-24H,6-9H2,1H3,(H,26,27)/b20-16-,22-11?. The molecule has 0 bridgehead atoms. The zero-order valence-corrected chi connectivity index (χ0v) is 16.5. The van der Waals surface area contributed by atoms with Gasteiger partial charge in [0.15, 0.2) is 0 Å². The second kappa shape index (κ2) is 8.08. The van der Waals surface area contributed by atoms with E-state index in [1.54, 1.807) is 6.08 Å². The predicted molar refractivity (Wildman–Crippen MR) is 113 cm³/mol. The van der Waals surface area contributed by atoms with Crippen molar-refractivity contribution in [2.45, 2.75) is 19.8 Å². The van der Waals surface area contributed by atoms with Gasteiger partial charge in [-0.2, -0.15) is 0 Å². The number of allylic oxidation sites excluding steroid dienone is 2. The van der Waals surface area contributed by atoms with Crippen LogP contribution in [-0.4, -0.2) is 30.2 Å². The summed E-state index contributed by atoms with van der Waals surface area (Å²) in [6, 6.07) is 8.11. The lowest BCUT2D eigenvalue weighted by Gasteiger charge is -2.29. The van der Waals surface area contributed by atoms with Crippen LogP contribution in [0.1, 0.15) is 23.4 Å². The lowest BCUT2D eigenvalue weighted by molar-refractivity contribution is -0.116. The molecule has 0 radical (unpaired) electrons. The topological polar surface area (TPSA) is 89.9 Å². The molecule has 6 nitrogen and oxygen atoms in total. The van der Waals surface area contributed by atoms with E-state index in [1.807, 2.05) is 23.6 Å². The maximum absolute atomic E-state index is 12.3. The second-order valence-electron chi connectivity index (χ2n) is 7.02. The van der Waals surface area contributed by atoms with Gasteiger partial charge in [0.1, 0.15) is 10.8 Å². The molecule has 0 atom stereocenters. The molecule has 2 aliphatic heterocycles. The maximum atomic E-state index is 12.3. The Bertz CT molecular complexity index is 969. The average Bonchev–Trinajstić information content (AvgIpc) is 3.19. The van der Waals surface area contributed by atoms with Gasteiger partial charge in [-0.25, -0.2) is 4.98 Å². The van der Waals surface area contributed by atoms with Gasteiger partial charge >= 0.3 is 0 Å². The molecule has 1 aromatic carbocycles. The second-order valence-corrected chi connectivity index (χ2v) is 7.88. The van der Waals surface area contributed by atoms with Crippen molar-refractivity contribution in [3.63, 3.8) is 0 Å². The van der Waals surface area contributed by atoms with Gasteiger partial charge in [-0.1, -0.05) is 24.3 Å². The summed E-state index contributed by atoms with van der Waals surface area (Å²) in [4.78, 5) is 17.0. The molecule has 1 amide bonds. The molecule has 28 heavy (non-hydrogen) atoms. The summed E-state index contributed by atoms with van der Waals surface area (Å²) in [5.41, 5.74) is 4.64. The molecule has 0 unspecified atom stereocenters. The maximum Gasteiger partial charge on any atom is 0.251 e. The quantitative estimate of drug-likeness (QED) is 0.601. The van der Waals surface area contributed by atoms with Crippen molar-refractivity contribution in [2.24, 2.45) is 5.92 Å². The normalized spacial score (nSPS) is 19.5. The highest BCUT2D eigenvalue weighted by atomic mass is 32.1. The Morgan fingerprint density at radius 2 is 2.04 bits per heavy atom. The Labute approximate surface area is 168 Å². The predicted octanol–water partition coefficient (Wildman–Crippen LogP) is 3.04. The molecule has 0 saturated carbocycles. The van der Waals surface area contributed by atoms with Gasteiger partial charge in [0, 0.05) is 34.8 Å². The van der Waals surface area contributed by atoms with Gasteiger partial charge in [0.25, 0.3) is 5.91 Å². The third-order valence-corrected chi connectivity index (χ3v) is 6.03. The molecule has 144 valence electrons. The lowest BCUT2D eigenvalue weighted by Crippen LogP contribution is -2.41. The monoisotopic (exact) mass is 393 g/mol. The van der Waals surface area contributed by atoms with E-state index in [0.717, 1.165) is 48.4 Å². The molecule has 0 aliphatic carbocycles. The number of nitrogens with zero attached hydrogens (tertiary/aromatic N) is 1. The number of hydrogen-bond donors (Lipinski definition) is 4. The van der Waals surface area contributed by atoms with Crippen LogP contribution in [0.5, 0.6) is 0 Å². The largest absolute Gasteiger partial charge is 0.344 e. The van der Waals surface area contributed by atoms with E-state index in [2.05, 4.69) is 28.9 Å². The lowest BCUT2D eigenvalue weighted by atomic mass is 9.93. The van der Waals surface area contributed by atoms with Gasteiger partial charge in [-0.15, -0.1) is 11.3 Å². The molecule has 3 heterocycles. The number of piperidine rings is 1. The molecule has 1 aromatic heterocycles. The molecule has 2 aromatic rings. The van der Waals surface area contributed by atoms with Crippen LogP contribution in [0.15, 0.2) is 47.2 Å². The summed E-state index contributed by atoms with van der Waals surface area (Å²) in [7, 11) is 0. The van der Waals surface area contributed by atoms with Gasteiger partial charge in [0.2, 0.25) is 0 Å². The van der Waals surface area contributed by atoms with Gasteiger partial charge in [-0.05, 0) is 38.4 Å². The van der Waals surface area contributed by atoms with Gasteiger partial charge < -0.3 is 21.4 Å². The van der Waals surface area contributed by atoms with Crippen LogP contribution in [0.25, 0.3) is 16.8 Å². The van der Waals surface area contributed by atoms with E-state index in [1.165, 1.54) is 17.6 Å². The highest BCUT2D eigenvalue weighted by molar-refractivity contribution is 7.11. The van der Waals surface area contributed by atoms with E-state index >= 15 is 0 Å². The molecule has 1 fully saturated rings. The summed E-state index contributed by atoms with van der Waals surface area (Å²) in [5, 5.41) is 20.2. The number of carbonyl (C=O) groups is 1. The van der Waals surface area contributed by atoms with Crippen molar-refractivity contribution >= 4 is 29.0 Å². The number of amides is 1. The summed E-state index contributed by atoms with van der Waals surface area (Å²) in [6.07, 6.45) is 4.89. The minimum atomic E-state index is -0.155. The molecule has 2 aliphatic rings. The van der Waals surface area contributed by atoms with E-state index in [9.17, 15) is 4.79 Å². The fraction of sp³-hybridized carbons (Fsp3) is 0.286. The number of carbonyl (C=O) groups excluding carboxylic acids is 1. The smallest absolute Gasteiger partial charge is 0.251 e. The SMILES string of the molecule is Cc1ccccc1-c1csc(/C(C=N)=C2\NC(=O)C=C(C3CCNCC3)N2)n1. The Morgan fingerprint density at radius 1 is 1.25 bits per heavy atom. The first-order valence-electron chi connectivity index (χ1n) is 9.42. The molecular weight excluding hydrogens is 370 g/mol. The van der Waals surface area contributed by atoms with Crippen molar-refractivity contribution < 1.29 is 4.79 Å². The highest BCUT2D eigenvalue weighted by Gasteiger charge is 2.25. The van der Waals surface area contributed by atoms with Crippen LogP contribution in [0.4, 0.5) is 0 Å². The first-order chi connectivity index (χ1) is 13.7. The van der Waals surface area contributed by atoms with Gasteiger partial charge in [-0.3, -0.25) is 4.79 Å². The van der Waals surface area contributed by atoms with Crippen molar-refractivity contribution in [3.8, 4) is 11.3 Å². The first kappa shape index (κ1) is 18.6. The van der Waals surface area contributed by atoms with Crippen LogP contribution in [0.2, 0.25) is 0 Å².